The van der Waals surface area contributed by atoms with Gasteiger partial charge in [-0.25, -0.2) is 4.79 Å². The van der Waals surface area contributed by atoms with Crippen molar-refractivity contribution in [1.29, 1.82) is 0 Å². The minimum absolute atomic E-state index is 0.0206. The van der Waals surface area contributed by atoms with Crippen molar-refractivity contribution in [1.82, 2.24) is 14.5 Å². The maximum absolute atomic E-state index is 13.5. The zero-order valence-electron chi connectivity index (χ0n) is 21.7. The number of halogens is 1. The first kappa shape index (κ1) is 27.8. The molecule has 10 heteroatoms. The fraction of sp³-hybridized carbons (Fsp3) is 0.241. The zero-order valence-corrected chi connectivity index (χ0v) is 22.5. The fourth-order valence-electron chi connectivity index (χ4n) is 4.19. The second kappa shape index (κ2) is 12.6. The Bertz CT molecular complexity index is 1630. The zero-order chi connectivity index (χ0) is 27.9. The van der Waals surface area contributed by atoms with Crippen LogP contribution in [0, 0.1) is 6.92 Å². The van der Waals surface area contributed by atoms with Gasteiger partial charge < -0.3 is 15.4 Å². The summed E-state index contributed by atoms with van der Waals surface area (Å²) in [7, 11) is 1.60. The smallest absolute Gasteiger partial charge is 0.332 e. The van der Waals surface area contributed by atoms with Gasteiger partial charge in [-0.2, -0.15) is 0 Å². The van der Waals surface area contributed by atoms with Gasteiger partial charge in [-0.05, 0) is 60.9 Å². The molecule has 9 nitrogen and oxygen atoms in total. The van der Waals surface area contributed by atoms with E-state index in [1.54, 1.807) is 73.8 Å². The van der Waals surface area contributed by atoms with Gasteiger partial charge in [0.25, 0.3) is 11.5 Å². The number of benzene rings is 3. The molecule has 0 atom stereocenters. The number of hydrogen-bond donors (Lipinski definition) is 2. The SMILES string of the molecule is COCCCNC(=O)c1ccc(Cn2c(=O)c3ccccc3n(CC(=O)Nc3cc(Cl)ccc3C)c2=O)cc1. The maximum atomic E-state index is 13.5. The van der Waals surface area contributed by atoms with E-state index in [0.717, 1.165) is 10.1 Å². The van der Waals surface area contributed by atoms with E-state index >= 15 is 0 Å². The van der Waals surface area contributed by atoms with Crippen LogP contribution in [0.2, 0.25) is 5.02 Å². The molecular formula is C29H29ClN4O5. The molecule has 0 bridgehead atoms. The summed E-state index contributed by atoms with van der Waals surface area (Å²) < 4.78 is 7.36. The minimum Gasteiger partial charge on any atom is -0.385 e. The average molecular weight is 549 g/mol. The first-order valence-corrected chi connectivity index (χ1v) is 12.8. The number of para-hydroxylation sites is 1. The molecule has 0 aliphatic heterocycles. The molecule has 0 saturated carbocycles. The molecule has 0 radical (unpaired) electrons. The van der Waals surface area contributed by atoms with Crippen LogP contribution in [0.15, 0.2) is 76.3 Å². The Balaban J connectivity index is 1.60. The van der Waals surface area contributed by atoms with E-state index in [-0.39, 0.29) is 19.0 Å². The Morgan fingerprint density at radius 1 is 0.974 bits per heavy atom. The summed E-state index contributed by atoms with van der Waals surface area (Å²) >= 11 is 6.07. The number of fused-ring (bicyclic) bond motifs is 1. The third kappa shape index (κ3) is 6.63. The van der Waals surface area contributed by atoms with Crippen molar-refractivity contribution < 1.29 is 14.3 Å². The first-order chi connectivity index (χ1) is 18.8. The van der Waals surface area contributed by atoms with Gasteiger partial charge in [-0.1, -0.05) is 41.9 Å². The van der Waals surface area contributed by atoms with E-state index in [4.69, 9.17) is 16.3 Å². The molecule has 2 amide bonds. The summed E-state index contributed by atoms with van der Waals surface area (Å²) in [5.41, 5.74) is 1.78. The van der Waals surface area contributed by atoms with Gasteiger partial charge in [-0.3, -0.25) is 23.5 Å². The number of carbonyl (C=O) groups is 2. The van der Waals surface area contributed by atoms with E-state index in [1.807, 2.05) is 6.92 Å². The number of amides is 2. The molecule has 0 aliphatic rings. The van der Waals surface area contributed by atoms with Crippen molar-refractivity contribution in [2.45, 2.75) is 26.4 Å². The number of rotatable bonds is 10. The van der Waals surface area contributed by atoms with E-state index in [2.05, 4.69) is 10.6 Å². The molecular weight excluding hydrogens is 520 g/mol. The quantitative estimate of drug-likeness (QED) is 0.294. The van der Waals surface area contributed by atoms with Gasteiger partial charge >= 0.3 is 5.69 Å². The van der Waals surface area contributed by atoms with E-state index in [0.29, 0.717) is 52.3 Å². The normalized spacial score (nSPS) is 10.9. The largest absolute Gasteiger partial charge is 0.385 e. The van der Waals surface area contributed by atoms with Crippen LogP contribution >= 0.6 is 11.6 Å². The number of aryl methyl sites for hydroxylation is 1. The maximum Gasteiger partial charge on any atom is 0.332 e. The predicted octanol–water partition coefficient (Wildman–Crippen LogP) is 3.58. The van der Waals surface area contributed by atoms with Gasteiger partial charge in [0.15, 0.2) is 0 Å². The van der Waals surface area contributed by atoms with Crippen LogP contribution in [0.5, 0.6) is 0 Å². The molecule has 1 aromatic heterocycles. The van der Waals surface area contributed by atoms with Crippen molar-refractivity contribution in [2.75, 3.05) is 25.6 Å². The monoisotopic (exact) mass is 548 g/mol. The lowest BCUT2D eigenvalue weighted by Gasteiger charge is -2.15. The Morgan fingerprint density at radius 2 is 1.72 bits per heavy atom. The van der Waals surface area contributed by atoms with Gasteiger partial charge in [-0.15, -0.1) is 0 Å². The number of anilines is 1. The lowest BCUT2D eigenvalue weighted by Crippen LogP contribution is -2.42. The van der Waals surface area contributed by atoms with E-state index in [9.17, 15) is 19.2 Å². The molecule has 0 aliphatic carbocycles. The van der Waals surface area contributed by atoms with Crippen LogP contribution in [0.3, 0.4) is 0 Å². The second-order valence-electron chi connectivity index (χ2n) is 9.08. The second-order valence-corrected chi connectivity index (χ2v) is 9.52. The van der Waals surface area contributed by atoms with E-state index < -0.39 is 17.2 Å². The number of nitrogens with zero attached hydrogens (tertiary/aromatic N) is 2. The number of carbonyl (C=O) groups excluding carboxylic acids is 2. The molecule has 202 valence electrons. The molecule has 0 saturated heterocycles. The Labute approximate surface area is 230 Å². The Hall–Kier alpha value is -4.21. The highest BCUT2D eigenvalue weighted by molar-refractivity contribution is 6.31. The summed E-state index contributed by atoms with van der Waals surface area (Å²) in [6.45, 7) is 2.56. The van der Waals surface area contributed by atoms with Crippen molar-refractivity contribution >= 4 is 40.0 Å². The summed E-state index contributed by atoms with van der Waals surface area (Å²) in [4.78, 5) is 52.1. The molecule has 4 aromatic rings. The van der Waals surface area contributed by atoms with Gasteiger partial charge in [0.05, 0.1) is 17.4 Å². The standard InChI is InChI=1S/C29H29ClN4O5/c1-19-8-13-22(30)16-24(19)32-26(35)18-33-25-7-4-3-6-23(25)28(37)34(29(33)38)17-20-9-11-21(12-10-20)27(36)31-14-5-15-39-2/h3-4,6-13,16H,5,14-15,17-18H2,1-2H3,(H,31,36)(H,32,35). The van der Waals surface area contributed by atoms with Crippen molar-refractivity contribution in [3.63, 3.8) is 0 Å². The predicted molar refractivity (Wildman–Crippen MR) is 152 cm³/mol. The molecule has 3 aromatic carbocycles. The highest BCUT2D eigenvalue weighted by Gasteiger charge is 2.16. The summed E-state index contributed by atoms with van der Waals surface area (Å²) in [6.07, 6.45) is 0.703. The number of methoxy groups -OCH3 is 1. The highest BCUT2D eigenvalue weighted by Crippen LogP contribution is 2.20. The molecule has 1 heterocycles. The van der Waals surface area contributed by atoms with Gasteiger partial charge in [0, 0.05) is 36.5 Å². The number of ether oxygens (including phenoxy) is 1. The number of hydrogen-bond acceptors (Lipinski definition) is 5. The van der Waals surface area contributed by atoms with Crippen LogP contribution in [0.25, 0.3) is 10.9 Å². The third-order valence-electron chi connectivity index (χ3n) is 6.28. The topological polar surface area (TPSA) is 111 Å². The molecule has 0 spiro atoms. The van der Waals surface area contributed by atoms with Crippen LogP contribution in [0.1, 0.15) is 27.9 Å². The number of nitrogens with one attached hydrogen (secondary N) is 2. The van der Waals surface area contributed by atoms with Crippen LogP contribution < -0.4 is 21.9 Å². The summed E-state index contributed by atoms with van der Waals surface area (Å²) in [6, 6.07) is 18.5. The van der Waals surface area contributed by atoms with Crippen LogP contribution in [-0.4, -0.2) is 41.2 Å². The first-order valence-electron chi connectivity index (χ1n) is 12.4. The van der Waals surface area contributed by atoms with Gasteiger partial charge in [0.1, 0.15) is 6.54 Å². The van der Waals surface area contributed by atoms with Crippen molar-refractivity contribution in [3.8, 4) is 0 Å². The number of aromatic nitrogens is 2. The van der Waals surface area contributed by atoms with Crippen LogP contribution in [0.4, 0.5) is 5.69 Å². The minimum atomic E-state index is -0.614. The molecule has 39 heavy (non-hydrogen) atoms. The fourth-order valence-corrected chi connectivity index (χ4v) is 4.36. The third-order valence-corrected chi connectivity index (χ3v) is 6.51. The molecule has 0 unspecified atom stereocenters. The lowest BCUT2D eigenvalue weighted by atomic mass is 10.1. The summed E-state index contributed by atoms with van der Waals surface area (Å²) in [5, 5.41) is 6.41. The lowest BCUT2D eigenvalue weighted by molar-refractivity contribution is -0.116. The molecule has 4 rings (SSSR count). The molecule has 2 N–H and O–H groups in total. The Morgan fingerprint density at radius 3 is 2.46 bits per heavy atom. The van der Waals surface area contributed by atoms with Crippen LogP contribution in [-0.2, 0) is 22.6 Å². The van der Waals surface area contributed by atoms with Crippen molar-refractivity contribution in [3.05, 3.63) is 109 Å². The van der Waals surface area contributed by atoms with Gasteiger partial charge in [0.2, 0.25) is 5.91 Å². The van der Waals surface area contributed by atoms with Crippen molar-refractivity contribution in [2.24, 2.45) is 0 Å². The molecule has 0 fully saturated rings. The highest BCUT2D eigenvalue weighted by atomic mass is 35.5. The van der Waals surface area contributed by atoms with E-state index in [1.165, 1.54) is 4.57 Å². The Kier molecular flexibility index (Phi) is 8.96. The average Bonchev–Trinajstić information content (AvgIpc) is 2.93. The summed E-state index contributed by atoms with van der Waals surface area (Å²) in [5.74, 6) is -0.650.